The zero-order chi connectivity index (χ0) is 46.4. The maximum absolute atomic E-state index is 8.55. The molecule has 0 amide bonds. The first kappa shape index (κ1) is 43.8. The van der Waals surface area contributed by atoms with Gasteiger partial charge in [-0.05, 0) is 105 Å². The molecule has 329 valence electrons. The minimum absolute atomic E-state index is 0. The summed E-state index contributed by atoms with van der Waals surface area (Å²) in [6.07, 6.45) is 0.528. The van der Waals surface area contributed by atoms with Crippen molar-refractivity contribution in [3.8, 4) is 39.5 Å². The third kappa shape index (κ3) is 9.66. The molecule has 0 aliphatic heterocycles. The summed E-state index contributed by atoms with van der Waals surface area (Å²) in [5.41, 5.74) is 14.9. The Balaban J connectivity index is 0.000000239. The molecule has 0 aliphatic carbocycles. The van der Waals surface area contributed by atoms with Crippen LogP contribution in [-0.4, -0.2) is 22.6 Å². The predicted octanol–water partition coefficient (Wildman–Crippen LogP) is 15.7. The van der Waals surface area contributed by atoms with E-state index in [0.29, 0.717) is 17.8 Å². The summed E-state index contributed by atoms with van der Waals surface area (Å²) >= 11 is 0. The van der Waals surface area contributed by atoms with Gasteiger partial charge in [0, 0.05) is 40.1 Å². The molecule has 0 spiro atoms. The van der Waals surface area contributed by atoms with Crippen LogP contribution < -0.4 is 5.19 Å². The summed E-state index contributed by atoms with van der Waals surface area (Å²) in [5, 5.41) is 3.33. The first-order valence-corrected chi connectivity index (χ1v) is 26.0. The minimum Gasteiger partial charge on any atom is -0.500 e. The Hall–Kier alpha value is -5.39. The van der Waals surface area contributed by atoms with Crippen LogP contribution in [0.3, 0.4) is 0 Å². The van der Waals surface area contributed by atoms with E-state index in [-0.39, 0.29) is 26.0 Å². The number of hydrogen-bond donors (Lipinski definition) is 0. The quantitative estimate of drug-likeness (QED) is 0.101. The van der Waals surface area contributed by atoms with Crippen LogP contribution in [0.5, 0.6) is 0 Å². The van der Waals surface area contributed by atoms with Gasteiger partial charge < -0.3 is 14.0 Å². The van der Waals surface area contributed by atoms with Crippen molar-refractivity contribution in [2.75, 3.05) is 0 Å². The van der Waals surface area contributed by atoms with Gasteiger partial charge in [0.25, 0.3) is 0 Å². The van der Waals surface area contributed by atoms with Gasteiger partial charge in [-0.3, -0.25) is 4.98 Å². The molecule has 64 heavy (non-hydrogen) atoms. The third-order valence-electron chi connectivity index (χ3n) is 11.8. The Morgan fingerprint density at radius 3 is 1.98 bits per heavy atom. The smallest absolute Gasteiger partial charge is 0.120 e. The van der Waals surface area contributed by atoms with Crippen molar-refractivity contribution in [1.29, 1.82) is 0 Å². The van der Waals surface area contributed by atoms with Crippen LogP contribution in [0.2, 0.25) is 19.6 Å². The number of rotatable bonds is 10. The number of aromatic nitrogens is 3. The van der Waals surface area contributed by atoms with Crippen molar-refractivity contribution in [1.82, 2.24) is 14.5 Å². The van der Waals surface area contributed by atoms with Crippen LogP contribution in [0.25, 0.3) is 72.4 Å². The van der Waals surface area contributed by atoms with E-state index in [0.717, 1.165) is 66.4 Å². The number of furan rings is 1. The normalized spacial score (nSPS) is 12.5. The third-order valence-corrected chi connectivity index (χ3v) is 13.8. The van der Waals surface area contributed by atoms with Gasteiger partial charge in [-0.1, -0.05) is 141 Å². The van der Waals surface area contributed by atoms with E-state index in [2.05, 4.69) is 174 Å². The number of para-hydroxylation sites is 2. The van der Waals surface area contributed by atoms with E-state index in [9.17, 15) is 0 Å². The Labute approximate surface area is 398 Å². The predicted molar refractivity (Wildman–Crippen MR) is 270 cm³/mol. The molecule has 9 aromatic rings. The molecular weight excluding hydrogens is 975 g/mol. The number of nitrogens with zero attached hydrogens (tertiary/aromatic N) is 3. The molecule has 6 aromatic carbocycles. The molecule has 3 aromatic heterocycles. The topological polar surface area (TPSA) is 43.9 Å². The van der Waals surface area contributed by atoms with Gasteiger partial charge in [-0.15, -0.1) is 59.7 Å². The number of benzene rings is 6. The van der Waals surface area contributed by atoms with Crippen LogP contribution >= 0.6 is 0 Å². The van der Waals surface area contributed by atoms with Crippen molar-refractivity contribution in [2.24, 2.45) is 5.92 Å². The Morgan fingerprint density at radius 2 is 1.34 bits per heavy atom. The maximum Gasteiger partial charge on any atom is 0.120 e. The molecule has 0 N–H and O–H groups in total. The number of fused-ring (bicyclic) bond motifs is 4. The summed E-state index contributed by atoms with van der Waals surface area (Å²) in [6, 6.07) is 51.0. The fraction of sp³-hybridized carbons (Fsp3) is 0.276. The van der Waals surface area contributed by atoms with E-state index in [4.69, 9.17) is 12.1 Å². The summed E-state index contributed by atoms with van der Waals surface area (Å²) < 4.78 is 25.7. The number of pyridine rings is 1. The average Bonchev–Trinajstić information content (AvgIpc) is 3.86. The fourth-order valence-electron chi connectivity index (χ4n) is 8.46. The van der Waals surface area contributed by atoms with E-state index in [1.165, 1.54) is 33.5 Å². The van der Waals surface area contributed by atoms with Gasteiger partial charge in [0.2, 0.25) is 0 Å². The molecular formula is C58H61IrN3OSi-2. The van der Waals surface area contributed by atoms with Crippen LogP contribution in [0.4, 0.5) is 0 Å². The second kappa shape index (κ2) is 19.4. The molecule has 1 radical (unpaired) electrons. The SMILES string of the molecule is CC(C)c1ccc2oc3c[c-]c(-c4nc5ccccc5n4-c4c(C(C)C)cc(-c5ccccc5)cc4C(C)C)cc3c2c1.[2H]C([2H])(c1cc(-c2[c-]cccc2)ncc1[Si](C)(C)C)C(C)C.[Ir]. The van der Waals surface area contributed by atoms with Crippen molar-refractivity contribution < 1.29 is 27.3 Å². The Morgan fingerprint density at radius 1 is 0.672 bits per heavy atom. The second-order valence-corrected chi connectivity index (χ2v) is 24.1. The molecule has 6 heteroatoms. The van der Waals surface area contributed by atoms with E-state index >= 15 is 0 Å². The molecule has 0 unspecified atom stereocenters. The van der Waals surface area contributed by atoms with Crippen molar-refractivity contribution in [2.45, 2.75) is 99.2 Å². The van der Waals surface area contributed by atoms with Gasteiger partial charge in [-0.25, -0.2) is 0 Å². The molecule has 0 aliphatic rings. The van der Waals surface area contributed by atoms with Crippen molar-refractivity contribution in [3.63, 3.8) is 0 Å². The summed E-state index contributed by atoms with van der Waals surface area (Å²) in [4.78, 5) is 9.84. The molecule has 0 saturated heterocycles. The van der Waals surface area contributed by atoms with Gasteiger partial charge in [0.05, 0.1) is 30.5 Å². The monoisotopic (exact) mass is 1040 g/mol. The minimum atomic E-state index is -1.67. The zero-order valence-corrected chi connectivity index (χ0v) is 42.5. The van der Waals surface area contributed by atoms with Crippen molar-refractivity contribution in [3.05, 3.63) is 168 Å². The number of hydrogen-bond acceptors (Lipinski definition) is 3. The van der Waals surface area contributed by atoms with Crippen molar-refractivity contribution >= 4 is 46.2 Å². The first-order valence-electron chi connectivity index (χ1n) is 23.5. The van der Waals surface area contributed by atoms with Crippen LogP contribution in [0, 0.1) is 18.1 Å². The summed E-state index contributed by atoms with van der Waals surface area (Å²) in [6.45, 7) is 24.2. The molecule has 9 rings (SSSR count). The molecule has 0 bridgehead atoms. The second-order valence-electron chi connectivity index (χ2n) is 19.0. The maximum atomic E-state index is 8.55. The summed E-state index contributed by atoms with van der Waals surface area (Å²) in [7, 11) is -1.67. The molecule has 0 atom stereocenters. The average molecular weight is 1040 g/mol. The number of imidazole rings is 1. The van der Waals surface area contributed by atoms with Crippen LogP contribution in [-0.2, 0) is 26.5 Å². The zero-order valence-electron chi connectivity index (χ0n) is 41.1. The van der Waals surface area contributed by atoms with E-state index < -0.39 is 14.4 Å². The molecule has 0 saturated carbocycles. The Bertz CT molecular complexity index is 3100. The molecule has 4 nitrogen and oxygen atoms in total. The molecule has 0 fully saturated rings. The first-order chi connectivity index (χ1) is 30.9. The van der Waals surface area contributed by atoms with E-state index in [1.54, 1.807) is 0 Å². The standard InChI is InChI=1S/C40H37N2O.C18H24NSi.Ir/c1-24(2)28-16-18-37-33(20-28)34-21-29(17-19-38(34)43-37)40-41-35-14-10-11-15-36(35)42(40)39-31(25(3)4)22-30(23-32(39)26(5)6)27-12-8-7-9-13-27;1-14(2)11-16-12-17(15-9-7-6-8-10-15)19-13-18(16)20(3,4)5;/h7-16,18-26H,1-6H3;6-9,12-14H,11H2,1-5H3;/q2*-1;/i;11D2;. The van der Waals surface area contributed by atoms with Crippen LogP contribution in [0.15, 0.2) is 138 Å². The molecule has 3 heterocycles. The fourth-order valence-corrected chi connectivity index (χ4v) is 9.86. The van der Waals surface area contributed by atoms with Gasteiger partial charge in [0.1, 0.15) is 5.58 Å². The Kier molecular flexibility index (Phi) is 13.3. The summed E-state index contributed by atoms with van der Waals surface area (Å²) in [5.74, 6) is 1.87. The van der Waals surface area contributed by atoms with Gasteiger partial charge in [-0.2, -0.15) is 0 Å². The van der Waals surface area contributed by atoms with Crippen LogP contribution in [0.1, 0.15) is 98.1 Å². The van der Waals surface area contributed by atoms with Gasteiger partial charge in [0.15, 0.2) is 0 Å². The van der Waals surface area contributed by atoms with E-state index in [1.807, 2.05) is 56.4 Å². The largest absolute Gasteiger partial charge is 0.500 e. The van der Waals surface area contributed by atoms with Gasteiger partial charge >= 0.3 is 0 Å².